The molecule has 5 nitrogen and oxygen atoms in total. The van der Waals surface area contributed by atoms with Gasteiger partial charge < -0.3 is 5.32 Å². The van der Waals surface area contributed by atoms with Crippen molar-refractivity contribution < 1.29 is 4.79 Å². The number of amides is 1. The van der Waals surface area contributed by atoms with E-state index in [1.165, 1.54) is 11.8 Å². The monoisotopic (exact) mass is 429 g/mol. The number of fused-ring (bicyclic) bond motifs is 1. The molecule has 0 aliphatic carbocycles. The summed E-state index contributed by atoms with van der Waals surface area (Å²) >= 11 is 1.27. The number of hydrogen-bond acceptors (Lipinski definition) is 4. The molecule has 156 valence electrons. The van der Waals surface area contributed by atoms with Crippen LogP contribution in [0.2, 0.25) is 0 Å². The van der Waals surface area contributed by atoms with E-state index in [1.54, 1.807) is 10.6 Å². The zero-order chi connectivity index (χ0) is 21.8. The van der Waals surface area contributed by atoms with Crippen molar-refractivity contribution in [3.8, 4) is 0 Å². The smallest absolute Gasteiger partial charge is 0.262 e. The largest absolute Gasteiger partial charge is 0.325 e. The van der Waals surface area contributed by atoms with E-state index in [2.05, 4.69) is 10.3 Å². The number of nitrogens with zero attached hydrogens (tertiary/aromatic N) is 2. The quantitative estimate of drug-likeness (QED) is 0.353. The van der Waals surface area contributed by atoms with Crippen LogP contribution in [-0.2, 0) is 11.3 Å². The van der Waals surface area contributed by atoms with Crippen LogP contribution in [0, 0.1) is 13.8 Å². The Bertz CT molecular complexity index is 1300. The van der Waals surface area contributed by atoms with Crippen LogP contribution in [-0.4, -0.2) is 21.2 Å². The van der Waals surface area contributed by atoms with Crippen LogP contribution >= 0.6 is 11.8 Å². The van der Waals surface area contributed by atoms with E-state index < -0.39 is 0 Å². The van der Waals surface area contributed by atoms with Gasteiger partial charge in [-0.3, -0.25) is 14.2 Å². The van der Waals surface area contributed by atoms with E-state index in [0.29, 0.717) is 22.6 Å². The predicted octanol–water partition coefficient (Wildman–Crippen LogP) is 4.79. The summed E-state index contributed by atoms with van der Waals surface area (Å²) in [7, 11) is 0. The molecule has 0 bridgehead atoms. The van der Waals surface area contributed by atoms with Gasteiger partial charge in [-0.05, 0) is 48.7 Å². The first-order chi connectivity index (χ1) is 15.0. The molecule has 0 aliphatic rings. The molecule has 31 heavy (non-hydrogen) atoms. The van der Waals surface area contributed by atoms with Gasteiger partial charge in [0.15, 0.2) is 5.16 Å². The first-order valence-corrected chi connectivity index (χ1v) is 11.0. The summed E-state index contributed by atoms with van der Waals surface area (Å²) in [5.41, 5.74) is 4.51. The molecule has 0 fully saturated rings. The molecule has 6 heteroatoms. The summed E-state index contributed by atoms with van der Waals surface area (Å²) in [4.78, 5) is 30.5. The summed E-state index contributed by atoms with van der Waals surface area (Å²) in [5.74, 6) is 0.0276. The Morgan fingerprint density at radius 3 is 2.52 bits per heavy atom. The normalized spacial score (nSPS) is 10.9. The molecular weight excluding hydrogens is 406 g/mol. The van der Waals surface area contributed by atoms with Crippen LogP contribution in [0.5, 0.6) is 0 Å². The maximum absolute atomic E-state index is 13.2. The Balaban J connectivity index is 1.61. The van der Waals surface area contributed by atoms with Crippen molar-refractivity contribution in [1.29, 1.82) is 0 Å². The van der Waals surface area contributed by atoms with Crippen molar-refractivity contribution in [2.75, 3.05) is 11.1 Å². The molecule has 0 unspecified atom stereocenters. The number of aryl methyl sites for hydroxylation is 1. The number of hydrogen-bond donors (Lipinski definition) is 1. The van der Waals surface area contributed by atoms with Crippen LogP contribution in [0.3, 0.4) is 0 Å². The van der Waals surface area contributed by atoms with E-state index in [1.807, 2.05) is 80.6 Å². The molecule has 4 rings (SSSR count). The van der Waals surface area contributed by atoms with Crippen LogP contribution in [0.15, 0.2) is 82.7 Å². The number of thioether (sulfide) groups is 1. The lowest BCUT2D eigenvalue weighted by atomic mass is 10.1. The average molecular weight is 430 g/mol. The lowest BCUT2D eigenvalue weighted by Gasteiger charge is -2.14. The van der Waals surface area contributed by atoms with Crippen LogP contribution in [0.1, 0.15) is 16.7 Å². The van der Waals surface area contributed by atoms with Gasteiger partial charge in [-0.2, -0.15) is 0 Å². The topological polar surface area (TPSA) is 64.0 Å². The maximum Gasteiger partial charge on any atom is 0.262 e. The molecule has 1 heterocycles. The molecular formula is C25H23N3O2S. The van der Waals surface area contributed by atoms with Crippen molar-refractivity contribution in [1.82, 2.24) is 9.55 Å². The Morgan fingerprint density at radius 2 is 1.71 bits per heavy atom. The van der Waals surface area contributed by atoms with Crippen molar-refractivity contribution in [3.05, 3.63) is 99.8 Å². The van der Waals surface area contributed by atoms with Crippen molar-refractivity contribution >= 4 is 34.3 Å². The van der Waals surface area contributed by atoms with Gasteiger partial charge in [0.1, 0.15) is 0 Å². The van der Waals surface area contributed by atoms with Gasteiger partial charge in [-0.1, -0.05) is 66.4 Å². The van der Waals surface area contributed by atoms with Crippen LogP contribution in [0.25, 0.3) is 10.9 Å². The van der Waals surface area contributed by atoms with Gasteiger partial charge in [-0.15, -0.1) is 0 Å². The van der Waals surface area contributed by atoms with Gasteiger partial charge in [0.05, 0.1) is 23.2 Å². The standard InChI is InChI=1S/C25H23N3O2S/c1-17-9-8-14-21(18(17)2)26-23(29)16-31-25-27-22-13-7-6-12-20(22)24(30)28(25)15-19-10-4-3-5-11-19/h3-14H,15-16H2,1-2H3,(H,26,29). The molecule has 4 aromatic rings. The van der Waals surface area contributed by atoms with Crippen LogP contribution in [0.4, 0.5) is 5.69 Å². The second-order valence-electron chi connectivity index (χ2n) is 7.37. The first kappa shape index (κ1) is 20.9. The highest BCUT2D eigenvalue weighted by Gasteiger charge is 2.14. The van der Waals surface area contributed by atoms with Gasteiger partial charge in [0, 0.05) is 5.69 Å². The number of carbonyl (C=O) groups excluding carboxylic acids is 1. The number of nitrogens with one attached hydrogen (secondary N) is 1. The van der Waals surface area contributed by atoms with E-state index in [-0.39, 0.29) is 17.2 Å². The lowest BCUT2D eigenvalue weighted by Crippen LogP contribution is -2.25. The molecule has 3 aromatic carbocycles. The fourth-order valence-corrected chi connectivity index (χ4v) is 4.16. The second-order valence-corrected chi connectivity index (χ2v) is 8.32. The fraction of sp³-hybridized carbons (Fsp3) is 0.160. The maximum atomic E-state index is 13.2. The Morgan fingerprint density at radius 1 is 0.968 bits per heavy atom. The summed E-state index contributed by atoms with van der Waals surface area (Å²) in [6.07, 6.45) is 0. The zero-order valence-corrected chi connectivity index (χ0v) is 18.3. The number of anilines is 1. The molecule has 0 saturated carbocycles. The van der Waals surface area contributed by atoms with Crippen LogP contribution < -0.4 is 10.9 Å². The van der Waals surface area contributed by atoms with Gasteiger partial charge in [-0.25, -0.2) is 4.98 Å². The molecule has 0 spiro atoms. The lowest BCUT2D eigenvalue weighted by molar-refractivity contribution is -0.113. The van der Waals surface area contributed by atoms with E-state index in [4.69, 9.17) is 0 Å². The summed E-state index contributed by atoms with van der Waals surface area (Å²) in [6.45, 7) is 4.40. The third-order valence-electron chi connectivity index (χ3n) is 5.22. The predicted molar refractivity (Wildman–Crippen MR) is 127 cm³/mol. The SMILES string of the molecule is Cc1cccc(NC(=O)CSc2nc3ccccc3c(=O)n2Cc2ccccc2)c1C. The molecule has 0 saturated heterocycles. The molecule has 1 amide bonds. The first-order valence-electron chi connectivity index (χ1n) is 10.1. The molecule has 0 atom stereocenters. The second kappa shape index (κ2) is 9.18. The average Bonchev–Trinajstić information content (AvgIpc) is 2.78. The highest BCUT2D eigenvalue weighted by Crippen LogP contribution is 2.21. The summed E-state index contributed by atoms with van der Waals surface area (Å²) in [6, 6.07) is 22.9. The number of para-hydroxylation sites is 1. The van der Waals surface area contributed by atoms with Gasteiger partial charge >= 0.3 is 0 Å². The van der Waals surface area contributed by atoms with Crippen molar-refractivity contribution in [2.24, 2.45) is 0 Å². The Hall–Kier alpha value is -3.38. The van der Waals surface area contributed by atoms with Gasteiger partial charge in [0.25, 0.3) is 5.56 Å². The molecule has 1 aromatic heterocycles. The highest BCUT2D eigenvalue weighted by molar-refractivity contribution is 7.99. The number of carbonyl (C=O) groups is 1. The zero-order valence-electron chi connectivity index (χ0n) is 17.5. The summed E-state index contributed by atoms with van der Waals surface area (Å²) in [5, 5.41) is 4.07. The molecule has 0 radical (unpaired) electrons. The minimum absolute atomic E-state index is 0.105. The molecule has 0 aliphatic heterocycles. The number of rotatable bonds is 6. The minimum atomic E-state index is -0.132. The molecule has 1 N–H and O–H groups in total. The minimum Gasteiger partial charge on any atom is -0.325 e. The van der Waals surface area contributed by atoms with Gasteiger partial charge in [0.2, 0.25) is 5.91 Å². The Kier molecular flexibility index (Phi) is 6.18. The van der Waals surface area contributed by atoms with E-state index in [0.717, 1.165) is 22.4 Å². The highest BCUT2D eigenvalue weighted by atomic mass is 32.2. The van der Waals surface area contributed by atoms with E-state index >= 15 is 0 Å². The third kappa shape index (κ3) is 4.70. The number of aromatic nitrogens is 2. The fourth-order valence-electron chi connectivity index (χ4n) is 3.37. The van der Waals surface area contributed by atoms with Crippen molar-refractivity contribution in [2.45, 2.75) is 25.5 Å². The number of benzene rings is 3. The van der Waals surface area contributed by atoms with Crippen molar-refractivity contribution in [3.63, 3.8) is 0 Å². The third-order valence-corrected chi connectivity index (χ3v) is 6.20. The van der Waals surface area contributed by atoms with E-state index in [9.17, 15) is 9.59 Å². The Labute approximate surface area is 185 Å². The summed E-state index contributed by atoms with van der Waals surface area (Å²) < 4.78 is 1.65.